The first-order valence-electron chi connectivity index (χ1n) is 4.87. The summed E-state index contributed by atoms with van der Waals surface area (Å²) in [7, 11) is 0. The van der Waals surface area contributed by atoms with Crippen molar-refractivity contribution in [1.82, 2.24) is 15.4 Å². The van der Waals surface area contributed by atoms with Crippen molar-refractivity contribution in [1.29, 1.82) is 0 Å². The number of H-pyrrole nitrogens is 1. The molecule has 1 aromatic rings. The van der Waals surface area contributed by atoms with Gasteiger partial charge in [-0.15, -0.1) is 5.10 Å². The second-order valence-electron chi connectivity index (χ2n) is 3.05. The highest BCUT2D eigenvalue weighted by Gasteiger charge is 2.08. The quantitative estimate of drug-likeness (QED) is 0.555. The molecule has 5 nitrogen and oxygen atoms in total. The summed E-state index contributed by atoms with van der Waals surface area (Å²) in [6, 6.07) is 0. The van der Waals surface area contributed by atoms with E-state index in [1.54, 1.807) is 0 Å². The fraction of sp³-hybridized carbons (Fsp3) is 0.667. The van der Waals surface area contributed by atoms with Gasteiger partial charge in [-0.1, -0.05) is 26.2 Å². The van der Waals surface area contributed by atoms with Crippen molar-refractivity contribution in [2.45, 2.75) is 32.6 Å². The van der Waals surface area contributed by atoms with Crippen LogP contribution in [0.2, 0.25) is 0 Å². The fourth-order valence-corrected chi connectivity index (χ4v) is 1.07. The number of hydrogen-bond donors (Lipinski definition) is 1. The number of nitrogens with one attached hydrogen (secondary N) is 1. The Hall–Kier alpha value is -1.39. The highest BCUT2D eigenvalue weighted by Crippen LogP contribution is 2.00. The van der Waals surface area contributed by atoms with Gasteiger partial charge in [-0.2, -0.15) is 10.3 Å². The summed E-state index contributed by atoms with van der Waals surface area (Å²) in [4.78, 5) is 11.2. The number of aromatic amines is 1. The Morgan fingerprint density at radius 1 is 1.50 bits per heavy atom. The van der Waals surface area contributed by atoms with Crippen LogP contribution in [0, 0.1) is 0 Å². The molecule has 1 N–H and O–H groups in total. The van der Waals surface area contributed by atoms with Gasteiger partial charge in [0, 0.05) is 0 Å². The van der Waals surface area contributed by atoms with Gasteiger partial charge in [-0.3, -0.25) is 0 Å². The second kappa shape index (κ2) is 6.12. The molecule has 0 saturated heterocycles. The molecular formula is C9H15N3O2. The molecule has 0 fully saturated rings. The molecule has 0 radical (unpaired) electrons. The zero-order chi connectivity index (χ0) is 10.2. The maximum absolute atomic E-state index is 11.2. The maximum Gasteiger partial charge on any atom is 0.360 e. The van der Waals surface area contributed by atoms with Gasteiger partial charge in [0.1, 0.15) is 0 Å². The molecule has 0 spiro atoms. The van der Waals surface area contributed by atoms with Gasteiger partial charge in [-0.25, -0.2) is 4.79 Å². The highest BCUT2D eigenvalue weighted by atomic mass is 16.5. The molecule has 0 atom stereocenters. The molecule has 0 amide bonds. The van der Waals surface area contributed by atoms with Crippen LogP contribution in [0.1, 0.15) is 43.1 Å². The van der Waals surface area contributed by atoms with Crippen LogP contribution in [0.5, 0.6) is 0 Å². The monoisotopic (exact) mass is 197 g/mol. The number of nitrogens with zero attached hydrogens (tertiary/aromatic N) is 2. The van der Waals surface area contributed by atoms with Crippen molar-refractivity contribution < 1.29 is 9.53 Å². The lowest BCUT2D eigenvalue weighted by molar-refractivity contribution is 0.0491. The summed E-state index contributed by atoms with van der Waals surface area (Å²) in [6.07, 6.45) is 5.73. The van der Waals surface area contributed by atoms with Crippen LogP contribution in [-0.2, 0) is 4.74 Å². The lowest BCUT2D eigenvalue weighted by atomic mass is 10.2. The van der Waals surface area contributed by atoms with E-state index in [-0.39, 0.29) is 5.69 Å². The van der Waals surface area contributed by atoms with Crippen LogP contribution in [0.15, 0.2) is 6.20 Å². The Kier molecular flexibility index (Phi) is 4.68. The lowest BCUT2D eigenvalue weighted by Crippen LogP contribution is -2.06. The van der Waals surface area contributed by atoms with E-state index in [1.165, 1.54) is 19.0 Å². The molecule has 0 aliphatic carbocycles. The number of ether oxygens (including phenoxy) is 1. The smallest absolute Gasteiger partial charge is 0.360 e. The molecular weight excluding hydrogens is 182 g/mol. The zero-order valence-electron chi connectivity index (χ0n) is 8.32. The molecule has 0 bridgehead atoms. The SMILES string of the molecule is CCCCCCOC(=O)c1cn[nH]n1. The number of unbranched alkanes of at least 4 members (excludes halogenated alkanes) is 3. The van der Waals surface area contributed by atoms with Gasteiger partial charge < -0.3 is 4.74 Å². The molecule has 0 saturated carbocycles. The highest BCUT2D eigenvalue weighted by molar-refractivity contribution is 5.86. The van der Waals surface area contributed by atoms with E-state index in [0.29, 0.717) is 6.61 Å². The van der Waals surface area contributed by atoms with E-state index in [9.17, 15) is 4.79 Å². The van der Waals surface area contributed by atoms with E-state index >= 15 is 0 Å². The molecule has 0 aromatic carbocycles. The van der Waals surface area contributed by atoms with Gasteiger partial charge in [-0.05, 0) is 6.42 Å². The third kappa shape index (κ3) is 3.55. The number of carbonyl (C=O) groups is 1. The standard InChI is InChI=1S/C9H15N3O2/c1-2-3-4-5-6-14-9(13)8-7-10-12-11-8/h7H,2-6H2,1H3,(H,10,11,12). The van der Waals surface area contributed by atoms with Crippen molar-refractivity contribution in [3.63, 3.8) is 0 Å². The summed E-state index contributed by atoms with van der Waals surface area (Å²) < 4.78 is 4.97. The Balaban J connectivity index is 2.10. The summed E-state index contributed by atoms with van der Waals surface area (Å²) in [6.45, 7) is 2.60. The van der Waals surface area contributed by atoms with Crippen molar-refractivity contribution in [3.8, 4) is 0 Å². The maximum atomic E-state index is 11.2. The largest absolute Gasteiger partial charge is 0.461 e. The average molecular weight is 197 g/mol. The number of esters is 1. The van der Waals surface area contributed by atoms with Gasteiger partial charge in [0.2, 0.25) is 0 Å². The van der Waals surface area contributed by atoms with E-state index in [2.05, 4.69) is 22.3 Å². The van der Waals surface area contributed by atoms with Crippen LogP contribution < -0.4 is 0 Å². The Bertz CT molecular complexity index is 259. The number of aromatic nitrogens is 3. The lowest BCUT2D eigenvalue weighted by Gasteiger charge is -2.01. The molecule has 14 heavy (non-hydrogen) atoms. The Labute approximate surface area is 82.8 Å². The molecule has 1 heterocycles. The molecule has 0 aliphatic rings. The fourth-order valence-electron chi connectivity index (χ4n) is 1.07. The number of rotatable bonds is 6. The number of carbonyl (C=O) groups excluding carboxylic acids is 1. The van der Waals surface area contributed by atoms with E-state index in [4.69, 9.17) is 4.74 Å². The average Bonchev–Trinajstić information content (AvgIpc) is 2.70. The second-order valence-corrected chi connectivity index (χ2v) is 3.05. The Morgan fingerprint density at radius 3 is 3.00 bits per heavy atom. The minimum Gasteiger partial charge on any atom is -0.461 e. The van der Waals surface area contributed by atoms with Crippen molar-refractivity contribution >= 4 is 5.97 Å². The van der Waals surface area contributed by atoms with Gasteiger partial charge >= 0.3 is 5.97 Å². The van der Waals surface area contributed by atoms with Crippen LogP contribution >= 0.6 is 0 Å². The first-order chi connectivity index (χ1) is 6.84. The van der Waals surface area contributed by atoms with Gasteiger partial charge in [0.05, 0.1) is 12.8 Å². The van der Waals surface area contributed by atoms with Crippen LogP contribution in [0.4, 0.5) is 0 Å². The van der Waals surface area contributed by atoms with Crippen LogP contribution in [0.3, 0.4) is 0 Å². The zero-order valence-corrected chi connectivity index (χ0v) is 8.32. The van der Waals surface area contributed by atoms with Crippen molar-refractivity contribution in [2.24, 2.45) is 0 Å². The molecule has 78 valence electrons. The predicted molar refractivity (Wildman–Crippen MR) is 50.8 cm³/mol. The minimum absolute atomic E-state index is 0.237. The first kappa shape index (κ1) is 10.7. The van der Waals surface area contributed by atoms with E-state index in [0.717, 1.165) is 12.8 Å². The third-order valence-electron chi connectivity index (χ3n) is 1.86. The third-order valence-corrected chi connectivity index (χ3v) is 1.86. The van der Waals surface area contributed by atoms with Crippen molar-refractivity contribution in [3.05, 3.63) is 11.9 Å². The molecule has 1 aromatic heterocycles. The van der Waals surface area contributed by atoms with Crippen molar-refractivity contribution in [2.75, 3.05) is 6.61 Å². The molecule has 5 heteroatoms. The molecule has 0 aliphatic heterocycles. The predicted octanol–water partition coefficient (Wildman–Crippen LogP) is 1.54. The van der Waals surface area contributed by atoms with Crippen LogP contribution in [-0.4, -0.2) is 28.0 Å². The van der Waals surface area contributed by atoms with E-state index < -0.39 is 5.97 Å². The van der Waals surface area contributed by atoms with Gasteiger partial charge in [0.25, 0.3) is 0 Å². The first-order valence-corrected chi connectivity index (χ1v) is 4.87. The van der Waals surface area contributed by atoms with E-state index in [1.807, 2.05) is 0 Å². The normalized spacial score (nSPS) is 10.1. The minimum atomic E-state index is -0.407. The molecule has 1 rings (SSSR count). The van der Waals surface area contributed by atoms with Crippen LogP contribution in [0.25, 0.3) is 0 Å². The van der Waals surface area contributed by atoms with Gasteiger partial charge in [0.15, 0.2) is 5.69 Å². The summed E-state index contributed by atoms with van der Waals surface area (Å²) >= 11 is 0. The Morgan fingerprint density at radius 2 is 2.36 bits per heavy atom. The summed E-state index contributed by atoms with van der Waals surface area (Å²) in [5.74, 6) is -0.407. The summed E-state index contributed by atoms with van der Waals surface area (Å²) in [5, 5.41) is 9.51. The number of hydrogen-bond acceptors (Lipinski definition) is 4. The summed E-state index contributed by atoms with van der Waals surface area (Å²) in [5.41, 5.74) is 0.237. The topological polar surface area (TPSA) is 67.9 Å². The molecule has 0 unspecified atom stereocenters.